The van der Waals surface area contributed by atoms with Crippen LogP contribution in [0.3, 0.4) is 0 Å². The Morgan fingerprint density at radius 3 is 2.02 bits per heavy atom. The first-order valence-corrected chi connectivity index (χ1v) is 18.5. The van der Waals surface area contributed by atoms with Crippen molar-refractivity contribution < 1.29 is 35.5 Å². The second-order valence-corrected chi connectivity index (χ2v) is 17.2. The second kappa shape index (κ2) is 10.5. The van der Waals surface area contributed by atoms with Crippen LogP contribution in [0.5, 0.6) is 11.5 Å². The van der Waals surface area contributed by atoms with E-state index in [1.165, 1.54) is 0 Å². The number of anilines is 1. The first-order valence-electron chi connectivity index (χ1n) is 15.6. The molecule has 3 heterocycles. The quantitative estimate of drug-likeness (QED) is 0.179. The molecule has 0 aromatic heterocycles. The fourth-order valence-corrected chi connectivity index (χ4v) is 8.34. The van der Waals surface area contributed by atoms with Gasteiger partial charge in [0, 0.05) is 44.7 Å². The highest BCUT2D eigenvalue weighted by Crippen LogP contribution is 2.52. The number of rotatable bonds is 6. The number of carbonyl (C=O) groups is 1. The van der Waals surface area contributed by atoms with E-state index >= 15 is 0 Å². The van der Waals surface area contributed by atoms with E-state index in [4.69, 9.17) is 4.74 Å². The molecule has 0 bridgehead atoms. The minimum absolute atomic E-state index is 0.0264. The van der Waals surface area contributed by atoms with Crippen molar-refractivity contribution in [3.8, 4) is 11.5 Å². The molecule has 250 valence electrons. The molecule has 3 aliphatic rings. The van der Waals surface area contributed by atoms with E-state index < -0.39 is 40.9 Å². The van der Waals surface area contributed by atoms with Crippen molar-refractivity contribution in [1.29, 1.82) is 0 Å². The normalized spacial score (nSPS) is 21.1. The van der Waals surface area contributed by atoms with Gasteiger partial charge in [0.25, 0.3) is 20.2 Å². The van der Waals surface area contributed by atoms with Gasteiger partial charge in [0.05, 0.1) is 17.1 Å². The molecule has 3 aromatic carbocycles. The highest BCUT2D eigenvalue weighted by Gasteiger charge is 2.45. The average molecular weight is 681 g/mol. The van der Waals surface area contributed by atoms with Crippen molar-refractivity contribution >= 4 is 37.3 Å². The van der Waals surface area contributed by atoms with Crippen LogP contribution >= 0.6 is 0 Å². The Kier molecular flexibility index (Phi) is 7.42. The van der Waals surface area contributed by atoms with Crippen LogP contribution in [-0.2, 0) is 31.1 Å². The highest BCUT2D eigenvalue weighted by molar-refractivity contribution is 7.86. The van der Waals surface area contributed by atoms with E-state index in [9.17, 15) is 30.7 Å². The summed E-state index contributed by atoms with van der Waals surface area (Å²) in [5, 5.41) is 3.52. The van der Waals surface area contributed by atoms with E-state index in [1.807, 2.05) is 68.4 Å². The summed E-state index contributed by atoms with van der Waals surface area (Å²) < 4.78 is 80.3. The van der Waals surface area contributed by atoms with Crippen LogP contribution in [0.15, 0.2) is 51.2 Å². The van der Waals surface area contributed by atoms with Gasteiger partial charge in [-0.2, -0.15) is 16.8 Å². The number of benzene rings is 3. The van der Waals surface area contributed by atoms with E-state index in [1.54, 1.807) is 30.3 Å². The maximum absolute atomic E-state index is 13.2. The van der Waals surface area contributed by atoms with E-state index in [0.717, 1.165) is 0 Å². The van der Waals surface area contributed by atoms with Crippen molar-refractivity contribution in [2.45, 2.75) is 95.0 Å². The number of ether oxygens (including phenoxy) is 1. The van der Waals surface area contributed by atoms with Gasteiger partial charge < -0.3 is 10.1 Å². The van der Waals surface area contributed by atoms with Gasteiger partial charge in [0.15, 0.2) is 27.1 Å². The van der Waals surface area contributed by atoms with Gasteiger partial charge in [-0.3, -0.25) is 18.9 Å². The maximum atomic E-state index is 13.2. The van der Waals surface area contributed by atoms with Crippen molar-refractivity contribution in [3.63, 3.8) is 0 Å². The third-order valence-corrected chi connectivity index (χ3v) is 12.6. The predicted octanol–water partition coefficient (Wildman–Crippen LogP) is 5.40. The minimum atomic E-state index is -4.98. The van der Waals surface area contributed by atoms with E-state index in [2.05, 4.69) is 10.3 Å². The molecule has 0 aliphatic carbocycles. The Hall–Kier alpha value is -3.58. The molecule has 12 heteroatoms. The highest BCUT2D eigenvalue weighted by atomic mass is 32.2. The zero-order chi connectivity index (χ0) is 34.8. The van der Waals surface area contributed by atoms with Gasteiger partial charge in [-0.1, -0.05) is 72.7 Å². The van der Waals surface area contributed by atoms with E-state index in [-0.39, 0.29) is 52.2 Å². The molecular weight excluding hydrogens is 641 g/mol. The Morgan fingerprint density at radius 1 is 0.872 bits per heavy atom. The molecule has 0 saturated carbocycles. The van der Waals surface area contributed by atoms with Crippen molar-refractivity contribution in [2.75, 3.05) is 5.32 Å². The summed E-state index contributed by atoms with van der Waals surface area (Å²) in [6.07, 6.45) is 0. The third kappa shape index (κ3) is 4.94. The number of carbonyl (C=O) groups excluding carboxylic acids is 1. The van der Waals surface area contributed by atoms with Crippen LogP contribution in [0, 0.1) is 11.8 Å². The molecule has 0 saturated heterocycles. The lowest BCUT2D eigenvalue weighted by molar-refractivity contribution is 0.0899. The number of fused-ring (bicyclic) bond motifs is 4. The lowest BCUT2D eigenvalue weighted by Crippen LogP contribution is -2.33. The number of Topliss-reactive ketones (excluding diaryl/α,β-unsaturated/α-hetero) is 1. The molecular formula is C35H40N2O8S2. The lowest BCUT2D eigenvalue weighted by atomic mass is 9.78. The molecule has 6 rings (SSSR count). The summed E-state index contributed by atoms with van der Waals surface area (Å²) in [6.45, 7) is 17.3. The molecule has 3 aliphatic heterocycles. The number of nitrogens with one attached hydrogen (secondary N) is 1. The molecule has 3 N–H and O–H groups in total. The summed E-state index contributed by atoms with van der Waals surface area (Å²) in [4.78, 5) is 16.7. The summed E-state index contributed by atoms with van der Waals surface area (Å²) in [6, 6.07) is 9.87. The summed E-state index contributed by atoms with van der Waals surface area (Å²) in [7, 11) is -9.93. The Morgan fingerprint density at radius 2 is 1.47 bits per heavy atom. The monoisotopic (exact) mass is 680 g/mol. The van der Waals surface area contributed by atoms with Gasteiger partial charge in [-0.25, -0.2) is 0 Å². The molecule has 0 radical (unpaired) electrons. The summed E-state index contributed by atoms with van der Waals surface area (Å²) in [5.74, 6) is -0.701. The fourth-order valence-electron chi connectivity index (χ4n) is 6.74. The van der Waals surface area contributed by atoms with Gasteiger partial charge >= 0.3 is 0 Å². The topological polar surface area (TPSA) is 159 Å². The number of hydrogen-bond donors (Lipinski definition) is 3. The fraction of sp³-hybridized carbons (Fsp3) is 0.429. The van der Waals surface area contributed by atoms with Crippen LogP contribution < -0.4 is 20.6 Å². The lowest BCUT2D eigenvalue weighted by Gasteiger charge is -2.29. The third-order valence-electron chi connectivity index (χ3n) is 10.8. The number of hydrogen-bond acceptors (Lipinski definition) is 8. The van der Waals surface area contributed by atoms with Crippen molar-refractivity contribution in [1.82, 2.24) is 0 Å². The van der Waals surface area contributed by atoms with Gasteiger partial charge in [-0.15, -0.1) is 0 Å². The molecule has 3 unspecified atom stereocenters. The number of ketones is 1. The molecule has 0 spiro atoms. The average Bonchev–Trinajstić information content (AvgIpc) is 3.32. The van der Waals surface area contributed by atoms with Crippen LogP contribution in [0.2, 0.25) is 0 Å². The first kappa shape index (κ1) is 33.3. The Labute approximate surface area is 275 Å². The van der Waals surface area contributed by atoms with Gasteiger partial charge in [-0.05, 0) is 48.6 Å². The first-order chi connectivity index (χ1) is 21.6. The van der Waals surface area contributed by atoms with Crippen LogP contribution in [0.4, 0.5) is 5.69 Å². The zero-order valence-electron chi connectivity index (χ0n) is 27.9. The smallest absolute Gasteiger partial charge is 0.300 e. The molecule has 3 aromatic rings. The standard InChI is InChI=1S/C35H40N2O8S2/c1-16(2)17(3)29(38)21-12-10-20(11-13-21)26-22-14-24-27(36-18(4)34(24,6)7)32(46(39,40)41)30(22)45-31-23(26)15-25-28(33(31)47(42,43)44)37-19(5)35(25,8)9/h10-19,36H,1-9H3,(H,39,40,41)(H,42,43,44). The second-order valence-electron chi connectivity index (χ2n) is 14.5. The molecule has 0 fully saturated rings. The zero-order valence-corrected chi connectivity index (χ0v) is 29.5. The molecule has 0 amide bonds. The van der Waals surface area contributed by atoms with Crippen molar-refractivity contribution in [3.05, 3.63) is 74.8 Å². The van der Waals surface area contributed by atoms with Crippen LogP contribution in [0.25, 0.3) is 5.57 Å². The van der Waals surface area contributed by atoms with Crippen LogP contribution in [0.1, 0.15) is 94.9 Å². The predicted molar refractivity (Wildman–Crippen MR) is 178 cm³/mol. The summed E-state index contributed by atoms with van der Waals surface area (Å²) >= 11 is 0. The van der Waals surface area contributed by atoms with Gasteiger partial charge in [0.1, 0.15) is 0 Å². The SMILES string of the molecule is CC(C)C(C)C(=O)c1ccc(C2=c3cc4c(c(S(=O)(=O)O)c3Oc3c2cc2c(c3S(=O)(=O)O)NC(C)C2(C)C)=NC(C)C4(C)C)cc1. The molecule has 3 atom stereocenters. The Bertz CT molecular complexity index is 2240. The van der Waals surface area contributed by atoms with Gasteiger partial charge in [0.2, 0.25) is 0 Å². The van der Waals surface area contributed by atoms with Crippen molar-refractivity contribution in [2.24, 2.45) is 16.8 Å². The van der Waals surface area contributed by atoms with E-state index in [0.29, 0.717) is 38.6 Å². The Balaban J connectivity index is 1.80. The molecule has 47 heavy (non-hydrogen) atoms. The molecule has 10 nitrogen and oxygen atoms in total. The van der Waals surface area contributed by atoms with Crippen LogP contribution in [-0.4, -0.2) is 43.8 Å². The minimum Gasteiger partial charge on any atom is -0.453 e. The maximum Gasteiger partial charge on any atom is 0.300 e. The summed E-state index contributed by atoms with van der Waals surface area (Å²) in [5.41, 5.74) is 1.92. The largest absolute Gasteiger partial charge is 0.453 e. The number of nitrogens with zero attached hydrogens (tertiary/aromatic N) is 1.